The minimum atomic E-state index is -0.0564. The number of amides is 2. The Labute approximate surface area is 155 Å². The van der Waals surface area contributed by atoms with Crippen LogP contribution in [-0.4, -0.2) is 67.6 Å². The van der Waals surface area contributed by atoms with Crippen molar-refractivity contribution in [3.8, 4) is 0 Å². The molecule has 25 heavy (non-hydrogen) atoms. The van der Waals surface area contributed by atoms with Gasteiger partial charge < -0.3 is 15.1 Å². The van der Waals surface area contributed by atoms with Crippen LogP contribution in [0.3, 0.4) is 0 Å². The zero-order valence-corrected chi connectivity index (χ0v) is 16.1. The maximum absolute atomic E-state index is 12.5. The second kappa shape index (κ2) is 10.5. The van der Waals surface area contributed by atoms with Gasteiger partial charge in [-0.05, 0) is 51.0 Å². The second-order valence-corrected chi connectivity index (χ2v) is 7.60. The summed E-state index contributed by atoms with van der Waals surface area (Å²) >= 11 is 1.41. The second-order valence-electron chi connectivity index (χ2n) is 6.58. The molecule has 0 aliphatic carbocycles. The Bertz CT molecular complexity index is 572. The van der Waals surface area contributed by atoms with Crippen molar-refractivity contribution in [1.29, 1.82) is 0 Å². The number of nitrogens with zero attached hydrogens (tertiary/aromatic N) is 2. The molecule has 1 aromatic carbocycles. The van der Waals surface area contributed by atoms with E-state index in [2.05, 4.69) is 10.2 Å². The number of thioether (sulfide) groups is 1. The molecule has 1 aliphatic heterocycles. The molecule has 5 nitrogen and oxygen atoms in total. The Kier molecular flexibility index (Phi) is 8.28. The van der Waals surface area contributed by atoms with Gasteiger partial charge in [0.1, 0.15) is 0 Å². The van der Waals surface area contributed by atoms with Crippen LogP contribution in [0.5, 0.6) is 0 Å². The number of carbonyl (C=O) groups is 2. The fourth-order valence-corrected chi connectivity index (χ4v) is 3.86. The van der Waals surface area contributed by atoms with Gasteiger partial charge in [-0.3, -0.25) is 9.59 Å². The molecule has 0 bridgehead atoms. The largest absolute Gasteiger partial charge is 0.352 e. The van der Waals surface area contributed by atoms with Crippen molar-refractivity contribution in [2.45, 2.75) is 30.6 Å². The first kappa shape index (κ1) is 19.8. The van der Waals surface area contributed by atoms with Gasteiger partial charge in [0, 0.05) is 25.5 Å². The first-order valence-electron chi connectivity index (χ1n) is 9.00. The smallest absolute Gasteiger partial charge is 0.252 e. The molecule has 0 unspecified atom stereocenters. The summed E-state index contributed by atoms with van der Waals surface area (Å²) in [6, 6.07) is 7.48. The third-order valence-corrected chi connectivity index (χ3v) is 5.43. The summed E-state index contributed by atoms with van der Waals surface area (Å²) in [5, 5.41) is 3.02. The Morgan fingerprint density at radius 2 is 1.88 bits per heavy atom. The summed E-state index contributed by atoms with van der Waals surface area (Å²) in [5.41, 5.74) is 0.650. The first-order chi connectivity index (χ1) is 12.1. The number of hydrogen-bond donors (Lipinski definition) is 1. The summed E-state index contributed by atoms with van der Waals surface area (Å²) in [6.07, 6.45) is 4.91. The molecule has 1 N–H and O–H groups in total. The van der Waals surface area contributed by atoms with Crippen molar-refractivity contribution in [3.63, 3.8) is 0 Å². The number of hydrogen-bond acceptors (Lipinski definition) is 4. The zero-order valence-electron chi connectivity index (χ0n) is 15.3. The lowest BCUT2D eigenvalue weighted by Gasteiger charge is -2.26. The Hall–Kier alpha value is -1.53. The predicted molar refractivity (Wildman–Crippen MR) is 103 cm³/mol. The molecule has 2 rings (SSSR count). The third-order valence-electron chi connectivity index (χ3n) is 4.37. The van der Waals surface area contributed by atoms with E-state index in [0.717, 1.165) is 17.9 Å². The maximum Gasteiger partial charge on any atom is 0.252 e. The van der Waals surface area contributed by atoms with Crippen LogP contribution in [0, 0.1) is 0 Å². The number of likely N-dealkylation sites (tertiary alicyclic amines) is 1. The summed E-state index contributed by atoms with van der Waals surface area (Å²) in [4.78, 5) is 29.1. The molecule has 2 amide bonds. The molecule has 0 aromatic heterocycles. The molecule has 0 spiro atoms. The summed E-state index contributed by atoms with van der Waals surface area (Å²) in [7, 11) is 3.48. The van der Waals surface area contributed by atoms with Gasteiger partial charge in [-0.2, -0.15) is 0 Å². The summed E-state index contributed by atoms with van der Waals surface area (Å²) in [5.74, 6) is 0.326. The molecular formula is C19H29N3O2S. The van der Waals surface area contributed by atoms with Crippen LogP contribution in [0.25, 0.3) is 0 Å². The van der Waals surface area contributed by atoms with Crippen LogP contribution in [0.4, 0.5) is 0 Å². The van der Waals surface area contributed by atoms with E-state index in [1.165, 1.54) is 44.1 Å². The van der Waals surface area contributed by atoms with Crippen molar-refractivity contribution >= 4 is 23.6 Å². The van der Waals surface area contributed by atoms with Crippen LogP contribution in [0.15, 0.2) is 29.2 Å². The van der Waals surface area contributed by atoms with Crippen molar-refractivity contribution in [3.05, 3.63) is 29.8 Å². The quantitative estimate of drug-likeness (QED) is 0.569. The molecule has 1 saturated heterocycles. The predicted octanol–water partition coefficient (Wildman–Crippen LogP) is 2.47. The van der Waals surface area contributed by atoms with E-state index >= 15 is 0 Å². The fraction of sp³-hybridized carbons (Fsp3) is 0.579. The number of piperidine rings is 1. The van der Waals surface area contributed by atoms with E-state index in [0.29, 0.717) is 17.9 Å². The molecule has 0 radical (unpaired) electrons. The van der Waals surface area contributed by atoms with E-state index < -0.39 is 0 Å². The molecule has 6 heteroatoms. The van der Waals surface area contributed by atoms with Crippen molar-refractivity contribution < 1.29 is 9.59 Å². The molecule has 1 aliphatic rings. The van der Waals surface area contributed by atoms with E-state index in [1.807, 2.05) is 24.3 Å². The lowest BCUT2D eigenvalue weighted by molar-refractivity contribution is -0.125. The molecular weight excluding hydrogens is 334 g/mol. The van der Waals surface area contributed by atoms with E-state index in [4.69, 9.17) is 0 Å². The van der Waals surface area contributed by atoms with Gasteiger partial charge in [-0.15, -0.1) is 11.8 Å². The monoisotopic (exact) mass is 363 g/mol. The Morgan fingerprint density at radius 1 is 1.16 bits per heavy atom. The highest BCUT2D eigenvalue weighted by atomic mass is 32.2. The minimum absolute atomic E-state index is 0.0433. The lowest BCUT2D eigenvalue weighted by atomic mass is 10.1. The van der Waals surface area contributed by atoms with Crippen molar-refractivity contribution in [1.82, 2.24) is 15.1 Å². The number of rotatable bonds is 8. The Morgan fingerprint density at radius 3 is 2.60 bits per heavy atom. The van der Waals surface area contributed by atoms with E-state index in [1.54, 1.807) is 19.0 Å². The van der Waals surface area contributed by atoms with Crippen LogP contribution in [0.2, 0.25) is 0 Å². The SMILES string of the molecule is CN(C)C(=O)CSc1ccccc1C(=O)NCCCN1CCCCC1. The van der Waals surface area contributed by atoms with Gasteiger partial charge in [0.15, 0.2) is 0 Å². The number of nitrogens with one attached hydrogen (secondary N) is 1. The number of benzene rings is 1. The van der Waals surface area contributed by atoms with Gasteiger partial charge in [-0.25, -0.2) is 0 Å². The van der Waals surface area contributed by atoms with Gasteiger partial charge >= 0.3 is 0 Å². The van der Waals surface area contributed by atoms with Crippen LogP contribution < -0.4 is 5.32 Å². The first-order valence-corrected chi connectivity index (χ1v) is 9.99. The third kappa shape index (κ3) is 6.71. The molecule has 138 valence electrons. The normalized spacial score (nSPS) is 15.0. The fourth-order valence-electron chi connectivity index (χ4n) is 2.83. The Balaban J connectivity index is 1.79. The van der Waals surface area contributed by atoms with Gasteiger partial charge in [0.2, 0.25) is 5.91 Å². The van der Waals surface area contributed by atoms with Gasteiger partial charge in [0.25, 0.3) is 5.91 Å². The molecule has 1 heterocycles. The van der Waals surface area contributed by atoms with Crippen molar-refractivity contribution in [2.24, 2.45) is 0 Å². The highest BCUT2D eigenvalue weighted by Crippen LogP contribution is 2.22. The van der Waals surface area contributed by atoms with Gasteiger partial charge in [-0.1, -0.05) is 18.6 Å². The standard InChI is InChI=1S/C19H29N3O2S/c1-21(2)18(23)15-25-17-10-5-4-9-16(17)19(24)20-11-8-14-22-12-6-3-7-13-22/h4-5,9-10H,3,6-8,11-15H2,1-2H3,(H,20,24). The van der Waals surface area contributed by atoms with E-state index in [-0.39, 0.29) is 11.8 Å². The average molecular weight is 364 g/mol. The molecule has 0 atom stereocenters. The molecule has 1 fully saturated rings. The highest BCUT2D eigenvalue weighted by molar-refractivity contribution is 8.00. The zero-order chi connectivity index (χ0) is 18.1. The lowest BCUT2D eigenvalue weighted by Crippen LogP contribution is -2.33. The topological polar surface area (TPSA) is 52.7 Å². The molecule has 1 aromatic rings. The van der Waals surface area contributed by atoms with E-state index in [9.17, 15) is 9.59 Å². The average Bonchev–Trinajstić information content (AvgIpc) is 2.64. The minimum Gasteiger partial charge on any atom is -0.352 e. The van der Waals surface area contributed by atoms with Crippen LogP contribution >= 0.6 is 11.8 Å². The van der Waals surface area contributed by atoms with Crippen LogP contribution in [-0.2, 0) is 4.79 Å². The number of carbonyl (C=O) groups excluding carboxylic acids is 2. The summed E-state index contributed by atoms with van der Waals surface area (Å²) < 4.78 is 0. The highest BCUT2D eigenvalue weighted by Gasteiger charge is 2.14. The van der Waals surface area contributed by atoms with Gasteiger partial charge in [0.05, 0.1) is 11.3 Å². The van der Waals surface area contributed by atoms with Crippen LogP contribution in [0.1, 0.15) is 36.0 Å². The molecule has 0 saturated carbocycles. The van der Waals surface area contributed by atoms with Crippen molar-refractivity contribution in [2.75, 3.05) is 46.0 Å². The maximum atomic E-state index is 12.5. The summed E-state index contributed by atoms with van der Waals surface area (Å²) in [6.45, 7) is 4.11.